The summed E-state index contributed by atoms with van der Waals surface area (Å²) < 4.78 is 5.22. The second-order valence-electron chi connectivity index (χ2n) is 4.06. The van der Waals surface area contributed by atoms with Crippen molar-refractivity contribution in [2.45, 2.75) is 24.6 Å². The third kappa shape index (κ3) is 2.36. The quantitative estimate of drug-likeness (QED) is 0.411. The first-order chi connectivity index (χ1) is 7.26. The average Bonchev–Trinajstić information content (AvgIpc) is 2.70. The van der Waals surface area contributed by atoms with E-state index in [0.717, 1.165) is 6.42 Å². The number of carbonyl (C=O) groups excluding carboxylic acids is 1. The highest BCUT2D eigenvalue weighted by molar-refractivity contribution is 8.24. The van der Waals surface area contributed by atoms with Gasteiger partial charge in [0.15, 0.2) is 0 Å². The molecule has 7 heteroatoms. The lowest BCUT2D eigenvalue weighted by molar-refractivity contribution is -0.141. The third-order valence-electron chi connectivity index (χ3n) is 3.29. The molecule has 1 saturated carbocycles. The van der Waals surface area contributed by atoms with Crippen molar-refractivity contribution < 1.29 is 19.7 Å². The van der Waals surface area contributed by atoms with Crippen LogP contribution in [0.25, 0.3) is 0 Å². The molecule has 15 heavy (non-hydrogen) atoms. The topological polar surface area (TPSA) is 66.8 Å². The number of aliphatic hydroxyl groups is 1. The Labute approximate surface area is 92.9 Å². The monoisotopic (exact) mass is 248 g/mol. The molecule has 0 bridgehead atoms. The number of hydrogen-bond donors (Lipinski definition) is 2. The molecular formula is C8H15BO4P2. The molecule has 2 N–H and O–H groups in total. The number of rotatable bonds is 4. The van der Waals surface area contributed by atoms with Crippen LogP contribution in [0.3, 0.4) is 0 Å². The van der Waals surface area contributed by atoms with E-state index in [4.69, 9.17) is 9.76 Å². The zero-order valence-electron chi connectivity index (χ0n) is 8.35. The molecule has 6 atom stereocenters. The van der Waals surface area contributed by atoms with Gasteiger partial charge in [-0.25, -0.2) is 0 Å². The summed E-state index contributed by atoms with van der Waals surface area (Å²) in [4.78, 5) is 11.1. The Kier molecular flexibility index (Phi) is 4.01. The number of carbonyl (C=O) groups is 1. The highest BCUT2D eigenvalue weighted by atomic mass is 32.0. The van der Waals surface area contributed by atoms with E-state index in [-0.39, 0.29) is 37.7 Å². The van der Waals surface area contributed by atoms with E-state index in [0.29, 0.717) is 28.5 Å². The first kappa shape index (κ1) is 11.8. The van der Waals surface area contributed by atoms with Gasteiger partial charge in [-0.1, -0.05) is 0 Å². The summed E-state index contributed by atoms with van der Waals surface area (Å²) in [6, 6.07) is 0. The van der Waals surface area contributed by atoms with Gasteiger partial charge in [-0.15, -0.1) is 16.4 Å². The Balaban J connectivity index is 1.97. The molecule has 0 aromatic carbocycles. The molecule has 0 aromatic heterocycles. The molecule has 2 aliphatic rings. The molecule has 1 aliphatic heterocycles. The molecule has 2 unspecified atom stereocenters. The number of esters is 1. The van der Waals surface area contributed by atoms with Gasteiger partial charge in [0, 0.05) is 12.5 Å². The van der Waals surface area contributed by atoms with Crippen LogP contribution in [-0.4, -0.2) is 41.7 Å². The molecule has 0 spiro atoms. The van der Waals surface area contributed by atoms with Gasteiger partial charge in [-0.3, -0.25) is 4.79 Å². The lowest BCUT2D eigenvalue weighted by Crippen LogP contribution is -2.20. The van der Waals surface area contributed by atoms with Gasteiger partial charge < -0.3 is 14.9 Å². The Morgan fingerprint density at radius 2 is 2.40 bits per heavy atom. The smallest absolute Gasteiger partial charge is 0.306 e. The van der Waals surface area contributed by atoms with Gasteiger partial charge >= 0.3 is 13.2 Å². The van der Waals surface area contributed by atoms with Gasteiger partial charge in [0.1, 0.15) is 6.10 Å². The molecule has 1 aliphatic carbocycles. The maximum atomic E-state index is 11.1. The molecule has 2 fully saturated rings. The van der Waals surface area contributed by atoms with Crippen molar-refractivity contribution in [1.29, 1.82) is 0 Å². The lowest BCUT2D eigenvalue weighted by Gasteiger charge is -2.19. The summed E-state index contributed by atoms with van der Waals surface area (Å²) in [7, 11) is 1.51. The fraction of sp³-hybridized carbons (Fsp3) is 0.875. The van der Waals surface area contributed by atoms with Crippen molar-refractivity contribution in [3.05, 3.63) is 0 Å². The predicted molar refractivity (Wildman–Crippen MR) is 63.0 cm³/mol. The van der Waals surface area contributed by atoms with Crippen LogP contribution in [0.2, 0.25) is 0 Å². The second-order valence-corrected chi connectivity index (χ2v) is 7.69. The predicted octanol–water partition coefficient (Wildman–Crippen LogP) is -0.170. The normalized spacial score (nSPS) is 40.5. The first-order valence-corrected chi connectivity index (χ1v) is 8.44. The van der Waals surface area contributed by atoms with Crippen LogP contribution in [0.15, 0.2) is 0 Å². The standard InChI is InChI=1S/C8H15BO4P2/c10-3-5-4-1-8(11)13-6(4)2-7(5)14-15-9-12/h4-7,9-10,12,14-15H,1-3H2/t4-,5-,6+,7-/m1/s1. The summed E-state index contributed by atoms with van der Waals surface area (Å²) in [5.41, 5.74) is 0.448. The fourth-order valence-corrected chi connectivity index (χ4v) is 5.93. The van der Waals surface area contributed by atoms with Crippen LogP contribution in [0.1, 0.15) is 12.8 Å². The van der Waals surface area contributed by atoms with E-state index < -0.39 is 0 Å². The van der Waals surface area contributed by atoms with Gasteiger partial charge in [-0.2, -0.15) is 0 Å². The summed E-state index contributed by atoms with van der Waals surface area (Å²) in [5, 5.41) is 18.1. The van der Waals surface area contributed by atoms with Gasteiger partial charge in [0.05, 0.1) is 6.42 Å². The Hall–Kier alpha value is 0.315. The van der Waals surface area contributed by atoms with Crippen molar-refractivity contribution >= 4 is 29.6 Å². The van der Waals surface area contributed by atoms with E-state index in [1.54, 1.807) is 0 Å². The molecule has 84 valence electrons. The fourth-order valence-electron chi connectivity index (χ4n) is 2.61. The van der Waals surface area contributed by atoms with Crippen LogP contribution < -0.4 is 0 Å². The van der Waals surface area contributed by atoms with Crippen LogP contribution >= 0.6 is 16.4 Å². The molecule has 2 rings (SSSR count). The molecule has 0 radical (unpaired) electrons. The number of ether oxygens (including phenoxy) is 1. The molecular weight excluding hydrogens is 233 g/mol. The Bertz CT molecular complexity index is 253. The number of aliphatic hydroxyl groups excluding tert-OH is 1. The molecule has 4 nitrogen and oxygen atoms in total. The van der Waals surface area contributed by atoms with Crippen LogP contribution in [0.4, 0.5) is 0 Å². The summed E-state index contributed by atoms with van der Waals surface area (Å²) in [5.74, 6) is 0.317. The zero-order chi connectivity index (χ0) is 10.8. The molecule has 0 aromatic rings. The zero-order valence-corrected chi connectivity index (χ0v) is 10.3. The average molecular weight is 248 g/mol. The maximum Gasteiger partial charge on any atom is 0.306 e. The van der Waals surface area contributed by atoms with Crippen molar-refractivity contribution in [3.63, 3.8) is 0 Å². The van der Waals surface area contributed by atoms with Crippen molar-refractivity contribution in [1.82, 2.24) is 0 Å². The SMILES string of the molecule is O=C1C[C@@H]2[C@@H](CO)[C@H](PPBO)C[C@@H]2O1. The lowest BCUT2D eigenvalue weighted by atomic mass is 9.94. The minimum atomic E-state index is -0.116. The maximum absolute atomic E-state index is 11.1. The van der Waals surface area contributed by atoms with E-state index in [1.165, 1.54) is 0 Å². The molecule has 1 saturated heterocycles. The highest BCUT2D eigenvalue weighted by Crippen LogP contribution is 2.53. The van der Waals surface area contributed by atoms with Crippen LogP contribution in [-0.2, 0) is 9.53 Å². The minimum Gasteiger partial charge on any atom is -0.462 e. The number of hydrogen-bond acceptors (Lipinski definition) is 4. The van der Waals surface area contributed by atoms with Gasteiger partial charge in [0.2, 0.25) is 0 Å². The second kappa shape index (κ2) is 5.10. The highest BCUT2D eigenvalue weighted by Gasteiger charge is 2.49. The van der Waals surface area contributed by atoms with Crippen molar-refractivity contribution in [2.75, 3.05) is 6.61 Å². The van der Waals surface area contributed by atoms with E-state index in [9.17, 15) is 9.90 Å². The summed E-state index contributed by atoms with van der Waals surface area (Å²) in [6.07, 6.45) is 1.39. The summed E-state index contributed by atoms with van der Waals surface area (Å²) >= 11 is 0. The Morgan fingerprint density at radius 1 is 1.60 bits per heavy atom. The van der Waals surface area contributed by atoms with E-state index >= 15 is 0 Å². The Morgan fingerprint density at radius 3 is 3.07 bits per heavy atom. The molecule has 0 amide bonds. The number of fused-ring (bicyclic) bond motifs is 1. The van der Waals surface area contributed by atoms with Crippen molar-refractivity contribution in [2.24, 2.45) is 11.8 Å². The summed E-state index contributed by atoms with van der Waals surface area (Å²) in [6.45, 7) is 0.144. The van der Waals surface area contributed by atoms with Gasteiger partial charge in [0.25, 0.3) is 0 Å². The van der Waals surface area contributed by atoms with Crippen molar-refractivity contribution in [3.8, 4) is 0 Å². The van der Waals surface area contributed by atoms with Crippen LogP contribution in [0.5, 0.6) is 0 Å². The largest absolute Gasteiger partial charge is 0.462 e. The minimum absolute atomic E-state index is 0.0376. The third-order valence-corrected chi connectivity index (χ3v) is 6.89. The van der Waals surface area contributed by atoms with E-state index in [2.05, 4.69) is 0 Å². The van der Waals surface area contributed by atoms with Crippen LogP contribution in [0, 0.1) is 11.8 Å². The molecule has 1 heterocycles. The van der Waals surface area contributed by atoms with E-state index in [1.807, 2.05) is 0 Å². The first-order valence-electron chi connectivity index (χ1n) is 5.16. The van der Waals surface area contributed by atoms with Gasteiger partial charge in [-0.05, 0) is 18.0 Å².